The molecule has 0 aliphatic carbocycles. The highest BCUT2D eigenvalue weighted by Crippen LogP contribution is 2.25. The summed E-state index contributed by atoms with van der Waals surface area (Å²) < 4.78 is 12.4. The molecule has 1 aromatic rings. The van der Waals surface area contributed by atoms with E-state index in [1.807, 2.05) is 19.2 Å². The van der Waals surface area contributed by atoms with Crippen molar-refractivity contribution in [3.63, 3.8) is 0 Å². The zero-order valence-corrected chi connectivity index (χ0v) is 14.6. The smallest absolute Gasteiger partial charge is 0.119 e. The number of halogens is 1. The van der Waals surface area contributed by atoms with Gasteiger partial charge in [0, 0.05) is 23.6 Å². The minimum absolute atomic E-state index is 0.224. The summed E-state index contributed by atoms with van der Waals surface area (Å²) in [6.07, 6.45) is 1.14. The molecule has 118 valence electrons. The quantitative estimate of drug-likeness (QED) is 0.847. The lowest BCUT2D eigenvalue weighted by molar-refractivity contribution is -0.0436. The van der Waals surface area contributed by atoms with Gasteiger partial charge in [0.15, 0.2) is 0 Å². The van der Waals surface area contributed by atoms with Crippen molar-refractivity contribution in [2.24, 2.45) is 0 Å². The molecule has 1 N–H and O–H groups in total. The second-order valence-electron chi connectivity index (χ2n) is 5.36. The van der Waals surface area contributed by atoms with Crippen LogP contribution in [0.2, 0.25) is 0 Å². The van der Waals surface area contributed by atoms with Crippen molar-refractivity contribution in [2.75, 3.05) is 40.4 Å². The molecule has 21 heavy (non-hydrogen) atoms. The molecule has 0 aromatic heterocycles. The summed E-state index contributed by atoms with van der Waals surface area (Å²) in [5, 5.41) is 3.42. The normalized spacial score (nSPS) is 21.2. The van der Waals surface area contributed by atoms with E-state index in [1.54, 1.807) is 7.11 Å². The standard InChI is InChI=1S/C16H25BrN2O2/c1-4-19-7-8-21-16(11-19)15(18-2)10-12-9-13(20-3)5-6-14(12)17/h5-6,9,15-16,18H,4,7-8,10-11H2,1-3H3. The third kappa shape index (κ3) is 4.42. The molecule has 0 amide bonds. The van der Waals surface area contributed by atoms with Gasteiger partial charge >= 0.3 is 0 Å². The molecule has 2 unspecified atom stereocenters. The van der Waals surface area contributed by atoms with Gasteiger partial charge in [0.2, 0.25) is 0 Å². The van der Waals surface area contributed by atoms with Crippen molar-refractivity contribution in [3.05, 3.63) is 28.2 Å². The molecule has 1 fully saturated rings. The van der Waals surface area contributed by atoms with E-state index in [1.165, 1.54) is 5.56 Å². The summed E-state index contributed by atoms with van der Waals surface area (Å²) in [4.78, 5) is 2.44. The molecular formula is C16H25BrN2O2. The van der Waals surface area contributed by atoms with E-state index in [0.29, 0.717) is 6.04 Å². The first kappa shape index (κ1) is 16.7. The highest BCUT2D eigenvalue weighted by molar-refractivity contribution is 9.10. The number of benzene rings is 1. The first-order chi connectivity index (χ1) is 10.2. The van der Waals surface area contributed by atoms with Crippen LogP contribution in [-0.2, 0) is 11.2 Å². The molecule has 1 aliphatic rings. The zero-order chi connectivity index (χ0) is 15.2. The van der Waals surface area contributed by atoms with Crippen LogP contribution in [0.15, 0.2) is 22.7 Å². The number of methoxy groups -OCH3 is 1. The topological polar surface area (TPSA) is 33.7 Å². The van der Waals surface area contributed by atoms with Gasteiger partial charge in [-0.25, -0.2) is 0 Å². The van der Waals surface area contributed by atoms with Crippen LogP contribution in [0, 0.1) is 0 Å². The summed E-state index contributed by atoms with van der Waals surface area (Å²) in [5.41, 5.74) is 1.24. The fourth-order valence-corrected chi connectivity index (χ4v) is 3.16. The summed E-state index contributed by atoms with van der Waals surface area (Å²) >= 11 is 3.63. The van der Waals surface area contributed by atoms with Gasteiger partial charge < -0.3 is 14.8 Å². The van der Waals surface area contributed by atoms with E-state index >= 15 is 0 Å². The van der Waals surface area contributed by atoms with E-state index in [9.17, 15) is 0 Å². The van der Waals surface area contributed by atoms with Gasteiger partial charge in [-0.15, -0.1) is 0 Å². The Morgan fingerprint density at radius 3 is 3.00 bits per heavy atom. The zero-order valence-electron chi connectivity index (χ0n) is 13.1. The van der Waals surface area contributed by atoms with Gasteiger partial charge in [0.05, 0.1) is 19.8 Å². The third-order valence-corrected chi connectivity index (χ3v) is 4.91. The second-order valence-corrected chi connectivity index (χ2v) is 6.21. The number of rotatable bonds is 6. The van der Waals surface area contributed by atoms with Crippen LogP contribution >= 0.6 is 15.9 Å². The minimum Gasteiger partial charge on any atom is -0.497 e. The lowest BCUT2D eigenvalue weighted by Gasteiger charge is -2.36. The van der Waals surface area contributed by atoms with Crippen molar-refractivity contribution in [1.29, 1.82) is 0 Å². The fourth-order valence-electron chi connectivity index (χ4n) is 2.75. The van der Waals surface area contributed by atoms with E-state index in [2.05, 4.69) is 39.1 Å². The van der Waals surface area contributed by atoms with Crippen LogP contribution in [0.1, 0.15) is 12.5 Å². The van der Waals surface area contributed by atoms with E-state index in [0.717, 1.165) is 42.9 Å². The van der Waals surface area contributed by atoms with Crippen molar-refractivity contribution in [2.45, 2.75) is 25.5 Å². The molecule has 1 aromatic carbocycles. The molecule has 1 saturated heterocycles. The average molecular weight is 357 g/mol. The van der Waals surface area contributed by atoms with Crippen LogP contribution < -0.4 is 10.1 Å². The van der Waals surface area contributed by atoms with Gasteiger partial charge in [-0.05, 0) is 43.8 Å². The van der Waals surface area contributed by atoms with Gasteiger partial charge in [-0.2, -0.15) is 0 Å². The maximum atomic E-state index is 5.98. The Bertz CT molecular complexity index is 456. The largest absolute Gasteiger partial charge is 0.497 e. The number of ether oxygens (including phenoxy) is 2. The van der Waals surface area contributed by atoms with Crippen molar-refractivity contribution in [3.8, 4) is 5.75 Å². The molecule has 0 saturated carbocycles. The Hall–Kier alpha value is -0.620. The number of nitrogens with one attached hydrogen (secondary N) is 1. The number of hydrogen-bond acceptors (Lipinski definition) is 4. The lowest BCUT2D eigenvalue weighted by Crippen LogP contribution is -2.52. The van der Waals surface area contributed by atoms with Crippen LogP contribution in [0.25, 0.3) is 0 Å². The monoisotopic (exact) mass is 356 g/mol. The van der Waals surface area contributed by atoms with Crippen LogP contribution in [0.4, 0.5) is 0 Å². The van der Waals surface area contributed by atoms with Crippen LogP contribution in [0.3, 0.4) is 0 Å². The molecule has 4 nitrogen and oxygen atoms in total. The van der Waals surface area contributed by atoms with Gasteiger partial charge in [-0.1, -0.05) is 22.9 Å². The number of morpholine rings is 1. The highest BCUT2D eigenvalue weighted by Gasteiger charge is 2.27. The molecule has 1 aliphatic heterocycles. The van der Waals surface area contributed by atoms with Crippen LogP contribution in [0.5, 0.6) is 5.75 Å². The molecule has 5 heteroatoms. The SMILES string of the molecule is CCN1CCOC(C(Cc2cc(OC)ccc2Br)NC)C1. The molecule has 0 bridgehead atoms. The third-order valence-electron chi connectivity index (χ3n) is 4.14. The molecule has 1 heterocycles. The van der Waals surface area contributed by atoms with Gasteiger partial charge in [0.1, 0.15) is 5.75 Å². The molecular weight excluding hydrogens is 332 g/mol. The lowest BCUT2D eigenvalue weighted by atomic mass is 10.00. The van der Waals surface area contributed by atoms with Gasteiger partial charge in [-0.3, -0.25) is 4.90 Å². The molecule has 2 atom stereocenters. The van der Waals surface area contributed by atoms with Crippen molar-refractivity contribution < 1.29 is 9.47 Å². The number of likely N-dealkylation sites (N-methyl/N-ethyl adjacent to an activating group) is 2. The van der Waals surface area contributed by atoms with E-state index < -0.39 is 0 Å². The minimum atomic E-state index is 0.224. The first-order valence-corrected chi connectivity index (χ1v) is 8.30. The first-order valence-electron chi connectivity index (χ1n) is 7.51. The Kier molecular flexibility index (Phi) is 6.48. The Labute approximate surface area is 135 Å². The molecule has 2 rings (SSSR count). The summed E-state index contributed by atoms with van der Waals surface area (Å²) in [5.74, 6) is 0.891. The maximum Gasteiger partial charge on any atom is 0.119 e. The van der Waals surface area contributed by atoms with Crippen molar-refractivity contribution >= 4 is 15.9 Å². The average Bonchev–Trinajstić information content (AvgIpc) is 2.54. The summed E-state index contributed by atoms with van der Waals surface area (Å²) in [6, 6.07) is 6.40. The maximum absolute atomic E-state index is 5.98. The fraction of sp³-hybridized carbons (Fsp3) is 0.625. The highest BCUT2D eigenvalue weighted by atomic mass is 79.9. The number of nitrogens with zero attached hydrogens (tertiary/aromatic N) is 1. The summed E-state index contributed by atoms with van der Waals surface area (Å²) in [6.45, 7) is 6.13. The van der Waals surface area contributed by atoms with Crippen molar-refractivity contribution in [1.82, 2.24) is 10.2 Å². The summed E-state index contributed by atoms with van der Waals surface area (Å²) in [7, 11) is 3.71. The van der Waals surface area contributed by atoms with E-state index in [4.69, 9.17) is 9.47 Å². The molecule has 0 spiro atoms. The molecule has 0 radical (unpaired) electrons. The van der Waals surface area contributed by atoms with Gasteiger partial charge in [0.25, 0.3) is 0 Å². The van der Waals surface area contributed by atoms with E-state index in [-0.39, 0.29) is 6.10 Å². The predicted molar refractivity (Wildman–Crippen MR) is 89.1 cm³/mol. The number of hydrogen-bond donors (Lipinski definition) is 1. The second kappa shape index (κ2) is 8.13. The Morgan fingerprint density at radius 2 is 2.33 bits per heavy atom. The Balaban J connectivity index is 2.08. The Morgan fingerprint density at radius 1 is 1.52 bits per heavy atom. The predicted octanol–water partition coefficient (Wildman–Crippen LogP) is 2.31. The van der Waals surface area contributed by atoms with Crippen LogP contribution in [-0.4, -0.2) is 57.4 Å².